The molecule has 1 aliphatic rings. The minimum atomic E-state index is -0.697. The lowest BCUT2D eigenvalue weighted by Gasteiger charge is -2.38. The Morgan fingerprint density at radius 3 is 2.27 bits per heavy atom. The van der Waals surface area contributed by atoms with Crippen LogP contribution in [-0.2, 0) is 19.5 Å². The number of amides is 2. The molecule has 1 N–H and O–H groups in total. The van der Waals surface area contributed by atoms with Crippen LogP contribution in [0.2, 0.25) is 0 Å². The third kappa shape index (κ3) is 9.42. The number of benzene rings is 2. The van der Waals surface area contributed by atoms with Gasteiger partial charge in [-0.3, -0.25) is 14.6 Å². The quantitative estimate of drug-likeness (QED) is 0.198. The van der Waals surface area contributed by atoms with Crippen molar-refractivity contribution in [2.75, 3.05) is 19.6 Å². The highest BCUT2D eigenvalue weighted by atomic mass is 19.1. The van der Waals surface area contributed by atoms with E-state index in [0.29, 0.717) is 23.7 Å². The molecule has 0 radical (unpaired) electrons. The van der Waals surface area contributed by atoms with Crippen LogP contribution in [0.1, 0.15) is 96.8 Å². The van der Waals surface area contributed by atoms with Crippen LogP contribution >= 0.6 is 0 Å². The number of likely N-dealkylation sites (tertiary alicyclic amines) is 1. The molecule has 2 heterocycles. The number of aryl methyl sites for hydroxylation is 1. The number of unbranched alkanes of at least 4 members (excludes halogenated alkanes) is 2. The summed E-state index contributed by atoms with van der Waals surface area (Å²) in [6, 6.07) is 14.6. The Bertz CT molecular complexity index is 1330. The lowest BCUT2D eigenvalue weighted by molar-refractivity contribution is 0.0540. The molecular formula is C36H46F2N4O2. The van der Waals surface area contributed by atoms with Gasteiger partial charge in [-0.1, -0.05) is 57.9 Å². The second-order valence-corrected chi connectivity index (χ2v) is 12.3. The minimum absolute atomic E-state index is 0.0838. The first-order valence-corrected chi connectivity index (χ1v) is 16.0. The number of aromatic nitrogens is 1. The molecule has 3 aromatic rings. The summed E-state index contributed by atoms with van der Waals surface area (Å²) in [5.41, 5.74) is 2.69. The van der Waals surface area contributed by atoms with E-state index in [9.17, 15) is 18.4 Å². The predicted octanol–water partition coefficient (Wildman–Crippen LogP) is 7.18. The summed E-state index contributed by atoms with van der Waals surface area (Å²) in [5, 5.41) is 2.59. The summed E-state index contributed by atoms with van der Waals surface area (Å²) in [6.45, 7) is 9.80. The highest BCUT2D eigenvalue weighted by Gasteiger charge is 2.29. The zero-order valence-corrected chi connectivity index (χ0v) is 26.3. The van der Waals surface area contributed by atoms with Gasteiger partial charge in [0.25, 0.3) is 11.8 Å². The Kier molecular flexibility index (Phi) is 12.4. The molecule has 0 spiro atoms. The van der Waals surface area contributed by atoms with Gasteiger partial charge in [-0.25, -0.2) is 8.78 Å². The van der Waals surface area contributed by atoms with E-state index >= 15 is 0 Å². The number of nitrogens with zero attached hydrogens (tertiary/aromatic N) is 3. The van der Waals surface area contributed by atoms with Gasteiger partial charge in [-0.2, -0.15) is 0 Å². The second-order valence-electron chi connectivity index (χ2n) is 12.3. The van der Waals surface area contributed by atoms with Crippen molar-refractivity contribution in [1.82, 2.24) is 20.1 Å². The Balaban J connectivity index is 1.44. The molecule has 1 aromatic heterocycles. The van der Waals surface area contributed by atoms with Crippen LogP contribution in [0.15, 0.2) is 60.8 Å². The lowest BCUT2D eigenvalue weighted by atomic mass is 10.00. The minimum Gasteiger partial charge on any atom is -0.348 e. The number of rotatable bonds is 14. The second kappa shape index (κ2) is 16.4. The van der Waals surface area contributed by atoms with Crippen LogP contribution in [0.3, 0.4) is 0 Å². The molecule has 0 atom stereocenters. The molecule has 0 saturated carbocycles. The molecule has 1 saturated heterocycles. The number of piperidine rings is 1. The third-order valence-electron chi connectivity index (χ3n) is 8.45. The molecule has 1 aliphatic heterocycles. The van der Waals surface area contributed by atoms with E-state index in [1.54, 1.807) is 12.1 Å². The SMILES string of the molecule is CCCCCc1ccc(C(=O)N(Cc2ccc(C(=O)NCc3c(F)cccc3F)cc2)C2CCN(CCC(C)C)CC2)nc1. The molecule has 8 heteroatoms. The van der Waals surface area contributed by atoms with Crippen molar-refractivity contribution in [2.24, 2.45) is 5.92 Å². The van der Waals surface area contributed by atoms with E-state index in [0.717, 1.165) is 69.3 Å². The van der Waals surface area contributed by atoms with Gasteiger partial charge >= 0.3 is 0 Å². The summed E-state index contributed by atoms with van der Waals surface area (Å²) in [4.78, 5) is 35.6. The smallest absolute Gasteiger partial charge is 0.272 e. The topological polar surface area (TPSA) is 65.5 Å². The van der Waals surface area contributed by atoms with Crippen LogP contribution in [0, 0.1) is 17.6 Å². The van der Waals surface area contributed by atoms with E-state index in [-0.39, 0.29) is 24.1 Å². The number of hydrogen-bond donors (Lipinski definition) is 1. The molecule has 0 aliphatic carbocycles. The van der Waals surface area contributed by atoms with E-state index in [1.165, 1.54) is 24.6 Å². The van der Waals surface area contributed by atoms with Crippen molar-refractivity contribution in [1.29, 1.82) is 0 Å². The number of hydrogen-bond acceptors (Lipinski definition) is 4. The van der Waals surface area contributed by atoms with Gasteiger partial charge in [-0.15, -0.1) is 0 Å². The maximum Gasteiger partial charge on any atom is 0.272 e. The average Bonchev–Trinajstić information content (AvgIpc) is 3.03. The first-order valence-electron chi connectivity index (χ1n) is 16.0. The van der Waals surface area contributed by atoms with E-state index < -0.39 is 17.5 Å². The van der Waals surface area contributed by atoms with Crippen LogP contribution in [0.25, 0.3) is 0 Å². The molecule has 2 aromatic carbocycles. The standard InChI is InChI=1S/C36H46F2N4O2/c1-4-5-6-8-27-13-16-34(39-23-27)36(44)42(30-18-21-41(22-19-30)20-17-26(2)3)25-28-11-14-29(15-12-28)35(43)40-24-31-32(37)9-7-10-33(31)38/h7,9-16,23,26,30H,4-6,8,17-22,24-25H2,1-3H3,(H,40,43). The summed E-state index contributed by atoms with van der Waals surface area (Å²) in [6.07, 6.45) is 9.19. The molecule has 2 amide bonds. The summed E-state index contributed by atoms with van der Waals surface area (Å²) in [7, 11) is 0. The monoisotopic (exact) mass is 604 g/mol. The van der Waals surface area contributed by atoms with Crippen molar-refractivity contribution >= 4 is 11.8 Å². The van der Waals surface area contributed by atoms with Crippen LogP contribution in [0.4, 0.5) is 8.78 Å². The van der Waals surface area contributed by atoms with Gasteiger partial charge in [-0.05, 0) is 86.0 Å². The summed E-state index contributed by atoms with van der Waals surface area (Å²) < 4.78 is 27.9. The maximum atomic E-state index is 14.0. The van der Waals surface area contributed by atoms with Crippen LogP contribution in [-0.4, -0.2) is 52.3 Å². The van der Waals surface area contributed by atoms with Crippen molar-refractivity contribution in [2.45, 2.75) is 84.8 Å². The summed E-state index contributed by atoms with van der Waals surface area (Å²) >= 11 is 0. The van der Waals surface area contributed by atoms with Crippen LogP contribution in [0.5, 0.6) is 0 Å². The fourth-order valence-corrected chi connectivity index (χ4v) is 5.62. The molecular weight excluding hydrogens is 558 g/mol. The van der Waals surface area contributed by atoms with Crippen molar-refractivity contribution < 1.29 is 18.4 Å². The van der Waals surface area contributed by atoms with Gasteiger partial charge in [0.2, 0.25) is 0 Å². The van der Waals surface area contributed by atoms with Gasteiger partial charge in [0.05, 0.1) is 0 Å². The fourth-order valence-electron chi connectivity index (χ4n) is 5.62. The molecule has 0 bridgehead atoms. The number of carbonyl (C=O) groups excluding carboxylic acids is 2. The Labute approximate surface area is 260 Å². The number of carbonyl (C=O) groups is 2. The van der Waals surface area contributed by atoms with Gasteiger partial charge < -0.3 is 15.1 Å². The average molecular weight is 605 g/mol. The van der Waals surface area contributed by atoms with E-state index in [1.807, 2.05) is 35.4 Å². The normalized spacial score (nSPS) is 14.1. The van der Waals surface area contributed by atoms with Crippen molar-refractivity contribution in [3.8, 4) is 0 Å². The number of halogens is 2. The fraction of sp³-hybridized carbons (Fsp3) is 0.472. The predicted molar refractivity (Wildman–Crippen MR) is 170 cm³/mol. The molecule has 4 rings (SSSR count). The molecule has 6 nitrogen and oxygen atoms in total. The Morgan fingerprint density at radius 1 is 0.977 bits per heavy atom. The zero-order valence-electron chi connectivity index (χ0n) is 26.3. The molecule has 44 heavy (non-hydrogen) atoms. The Hall–Kier alpha value is -3.65. The molecule has 0 unspecified atom stereocenters. The van der Waals surface area contributed by atoms with Gasteiger partial charge in [0.15, 0.2) is 0 Å². The van der Waals surface area contributed by atoms with Crippen molar-refractivity contribution in [3.05, 3.63) is 100 Å². The first-order chi connectivity index (χ1) is 21.2. The summed E-state index contributed by atoms with van der Waals surface area (Å²) in [5.74, 6) is -1.25. The van der Waals surface area contributed by atoms with Gasteiger partial charge in [0, 0.05) is 49.5 Å². The Morgan fingerprint density at radius 2 is 1.66 bits per heavy atom. The largest absolute Gasteiger partial charge is 0.348 e. The molecule has 1 fully saturated rings. The van der Waals surface area contributed by atoms with E-state index in [2.05, 4.69) is 36.0 Å². The highest BCUT2D eigenvalue weighted by Crippen LogP contribution is 2.23. The van der Waals surface area contributed by atoms with Crippen molar-refractivity contribution in [3.63, 3.8) is 0 Å². The maximum absolute atomic E-state index is 14.0. The number of pyridine rings is 1. The first kappa shape index (κ1) is 33.2. The highest BCUT2D eigenvalue weighted by molar-refractivity contribution is 5.94. The number of nitrogens with one attached hydrogen (secondary N) is 1. The van der Waals surface area contributed by atoms with E-state index in [4.69, 9.17) is 0 Å². The third-order valence-corrected chi connectivity index (χ3v) is 8.45. The van der Waals surface area contributed by atoms with Gasteiger partial charge in [0.1, 0.15) is 17.3 Å². The molecule has 236 valence electrons. The van der Waals surface area contributed by atoms with Crippen LogP contribution < -0.4 is 5.32 Å². The lowest BCUT2D eigenvalue weighted by Crippen LogP contribution is -2.47. The zero-order chi connectivity index (χ0) is 31.5.